The summed E-state index contributed by atoms with van der Waals surface area (Å²) >= 11 is 1.26. The maximum atomic E-state index is 12.1. The summed E-state index contributed by atoms with van der Waals surface area (Å²) in [6, 6.07) is 3.42. The molecule has 0 spiro atoms. The normalized spacial score (nSPS) is 17.6. The van der Waals surface area contributed by atoms with Crippen LogP contribution in [0.15, 0.2) is 21.3 Å². The van der Waals surface area contributed by atoms with Crippen LogP contribution in [0.5, 0.6) is 0 Å². The molecule has 1 aliphatic rings. The number of thiophene rings is 1. The van der Waals surface area contributed by atoms with Gasteiger partial charge >= 0.3 is 0 Å². The Bertz CT molecular complexity index is 676. The number of hydrogen-bond donors (Lipinski definition) is 3. The lowest BCUT2D eigenvalue weighted by Crippen LogP contribution is -2.41. The minimum Gasteiger partial charge on any atom is -0.379 e. The Kier molecular flexibility index (Phi) is 11.7. The zero-order valence-electron chi connectivity index (χ0n) is 15.7. The SMILES string of the molecule is CN=C(NCCCOC1CCOC1)NCCNS(=O)(=O)c1ccc(C)s1.I. The molecule has 0 aromatic carbocycles. The van der Waals surface area contributed by atoms with Gasteiger partial charge in [0.1, 0.15) is 4.21 Å². The molecule has 0 bridgehead atoms. The molecule has 3 N–H and O–H groups in total. The first-order valence-electron chi connectivity index (χ1n) is 8.71. The maximum absolute atomic E-state index is 12.1. The number of sulfonamides is 1. The molecular formula is C16H29IN4O4S2. The van der Waals surface area contributed by atoms with E-state index in [0.29, 0.717) is 29.9 Å². The number of nitrogens with one attached hydrogen (secondary N) is 3. The molecule has 1 unspecified atom stereocenters. The first kappa shape index (κ1) is 24.6. The first-order valence-corrected chi connectivity index (χ1v) is 11.0. The average molecular weight is 532 g/mol. The van der Waals surface area contributed by atoms with Crippen LogP contribution in [0.25, 0.3) is 0 Å². The van der Waals surface area contributed by atoms with Crippen molar-refractivity contribution in [3.8, 4) is 0 Å². The van der Waals surface area contributed by atoms with E-state index >= 15 is 0 Å². The van der Waals surface area contributed by atoms with Crippen LogP contribution >= 0.6 is 35.3 Å². The molecule has 2 rings (SSSR count). The molecule has 8 nitrogen and oxygen atoms in total. The fraction of sp³-hybridized carbons (Fsp3) is 0.688. The molecule has 27 heavy (non-hydrogen) atoms. The highest BCUT2D eigenvalue weighted by Crippen LogP contribution is 2.19. The van der Waals surface area contributed by atoms with Gasteiger partial charge in [0.15, 0.2) is 5.96 Å². The molecule has 1 saturated heterocycles. The standard InChI is InChI=1S/C16H28N4O4S2.HI/c1-13-4-5-15(25-13)26(21,22)20-9-8-19-16(17-2)18-7-3-10-24-14-6-11-23-12-14;/h4-5,14,20H,3,6-12H2,1-2H3,(H2,17,18,19);1H. The Labute approximate surface area is 182 Å². The van der Waals surface area contributed by atoms with Crippen molar-refractivity contribution in [2.75, 3.05) is 46.5 Å². The number of aliphatic imine (C=N–C) groups is 1. The van der Waals surface area contributed by atoms with Crippen molar-refractivity contribution in [1.29, 1.82) is 0 Å². The summed E-state index contributed by atoms with van der Waals surface area (Å²) in [6.07, 6.45) is 2.06. The Hall–Kier alpha value is -0.470. The van der Waals surface area contributed by atoms with Gasteiger partial charge in [0.2, 0.25) is 10.0 Å². The lowest BCUT2D eigenvalue weighted by Gasteiger charge is -2.13. The van der Waals surface area contributed by atoms with Gasteiger partial charge < -0.3 is 20.1 Å². The van der Waals surface area contributed by atoms with Crippen molar-refractivity contribution >= 4 is 51.3 Å². The molecule has 1 aromatic heterocycles. The number of nitrogens with zero attached hydrogens (tertiary/aromatic N) is 1. The molecule has 11 heteroatoms. The molecule has 1 aromatic rings. The van der Waals surface area contributed by atoms with Crippen LogP contribution in [-0.2, 0) is 19.5 Å². The third-order valence-electron chi connectivity index (χ3n) is 3.77. The minimum atomic E-state index is -3.44. The van der Waals surface area contributed by atoms with E-state index in [0.717, 1.165) is 30.9 Å². The second-order valence-corrected chi connectivity index (χ2v) is 9.18. The third kappa shape index (κ3) is 9.05. The highest BCUT2D eigenvalue weighted by Gasteiger charge is 2.16. The number of ether oxygens (including phenoxy) is 2. The Morgan fingerprint density at radius 2 is 2.11 bits per heavy atom. The van der Waals surface area contributed by atoms with E-state index in [-0.39, 0.29) is 36.6 Å². The van der Waals surface area contributed by atoms with E-state index in [1.165, 1.54) is 11.3 Å². The number of hydrogen-bond acceptors (Lipinski definition) is 6. The summed E-state index contributed by atoms with van der Waals surface area (Å²) in [6.45, 7) is 5.50. The van der Waals surface area contributed by atoms with Crippen LogP contribution in [0.3, 0.4) is 0 Å². The van der Waals surface area contributed by atoms with Gasteiger partial charge in [0, 0.05) is 44.8 Å². The molecule has 0 saturated carbocycles. The molecule has 1 aliphatic heterocycles. The van der Waals surface area contributed by atoms with Crippen LogP contribution in [0.2, 0.25) is 0 Å². The second-order valence-electron chi connectivity index (χ2n) is 5.90. The summed E-state index contributed by atoms with van der Waals surface area (Å²) < 4.78 is 38.1. The molecule has 0 amide bonds. The summed E-state index contributed by atoms with van der Waals surface area (Å²) in [5, 5.41) is 6.27. The van der Waals surface area contributed by atoms with Gasteiger partial charge in [-0.15, -0.1) is 35.3 Å². The van der Waals surface area contributed by atoms with Crippen molar-refractivity contribution in [2.45, 2.75) is 30.1 Å². The lowest BCUT2D eigenvalue weighted by molar-refractivity contribution is 0.0420. The quantitative estimate of drug-likeness (QED) is 0.182. The Morgan fingerprint density at radius 3 is 2.74 bits per heavy atom. The van der Waals surface area contributed by atoms with Gasteiger partial charge in [0.25, 0.3) is 0 Å². The number of halogens is 1. The minimum absolute atomic E-state index is 0. The van der Waals surface area contributed by atoms with Gasteiger partial charge in [-0.05, 0) is 31.9 Å². The van der Waals surface area contributed by atoms with Crippen LogP contribution in [0.4, 0.5) is 0 Å². The van der Waals surface area contributed by atoms with Gasteiger partial charge in [-0.2, -0.15) is 0 Å². The van der Waals surface area contributed by atoms with E-state index in [2.05, 4.69) is 20.3 Å². The molecule has 1 atom stereocenters. The topological polar surface area (TPSA) is 101 Å². The number of aryl methyl sites for hydroxylation is 1. The highest BCUT2D eigenvalue weighted by atomic mass is 127. The van der Waals surface area contributed by atoms with Gasteiger partial charge in [-0.25, -0.2) is 13.1 Å². The van der Waals surface area contributed by atoms with Crippen molar-refractivity contribution < 1.29 is 17.9 Å². The monoisotopic (exact) mass is 532 g/mol. The highest BCUT2D eigenvalue weighted by molar-refractivity contribution is 14.0. The average Bonchev–Trinajstić information content (AvgIpc) is 3.28. The van der Waals surface area contributed by atoms with Crippen LogP contribution in [0, 0.1) is 6.92 Å². The molecule has 2 heterocycles. The molecule has 0 aliphatic carbocycles. The van der Waals surface area contributed by atoms with E-state index in [4.69, 9.17) is 9.47 Å². The molecule has 156 valence electrons. The van der Waals surface area contributed by atoms with E-state index in [1.807, 2.05) is 6.92 Å². The van der Waals surface area contributed by atoms with Crippen molar-refractivity contribution in [2.24, 2.45) is 4.99 Å². The molecule has 0 radical (unpaired) electrons. The Morgan fingerprint density at radius 1 is 1.33 bits per heavy atom. The number of guanidine groups is 1. The predicted octanol–water partition coefficient (Wildman–Crippen LogP) is 1.31. The summed E-state index contributed by atoms with van der Waals surface area (Å²) in [5.74, 6) is 0.639. The zero-order chi connectivity index (χ0) is 18.8. The number of rotatable bonds is 10. The predicted molar refractivity (Wildman–Crippen MR) is 119 cm³/mol. The smallest absolute Gasteiger partial charge is 0.250 e. The summed E-state index contributed by atoms with van der Waals surface area (Å²) in [5.41, 5.74) is 0. The summed E-state index contributed by atoms with van der Waals surface area (Å²) in [4.78, 5) is 5.09. The summed E-state index contributed by atoms with van der Waals surface area (Å²) in [7, 11) is -1.75. The van der Waals surface area contributed by atoms with E-state index < -0.39 is 10.0 Å². The largest absolute Gasteiger partial charge is 0.379 e. The van der Waals surface area contributed by atoms with E-state index in [1.54, 1.807) is 19.2 Å². The first-order chi connectivity index (χ1) is 12.5. The van der Waals surface area contributed by atoms with Gasteiger partial charge in [-0.3, -0.25) is 4.99 Å². The second kappa shape index (κ2) is 12.9. The molecule has 1 fully saturated rings. The van der Waals surface area contributed by atoms with Crippen LogP contribution in [0.1, 0.15) is 17.7 Å². The fourth-order valence-corrected chi connectivity index (χ4v) is 4.75. The van der Waals surface area contributed by atoms with Crippen LogP contribution in [-0.4, -0.2) is 67.0 Å². The van der Waals surface area contributed by atoms with Gasteiger partial charge in [0.05, 0.1) is 12.7 Å². The van der Waals surface area contributed by atoms with Crippen LogP contribution < -0.4 is 15.4 Å². The van der Waals surface area contributed by atoms with E-state index in [9.17, 15) is 8.42 Å². The molecular weight excluding hydrogens is 503 g/mol. The lowest BCUT2D eigenvalue weighted by atomic mass is 10.3. The third-order valence-corrected chi connectivity index (χ3v) is 6.72. The zero-order valence-corrected chi connectivity index (χ0v) is 19.7. The fourth-order valence-electron chi connectivity index (χ4n) is 2.39. The van der Waals surface area contributed by atoms with Gasteiger partial charge in [-0.1, -0.05) is 0 Å². The van der Waals surface area contributed by atoms with Crippen molar-refractivity contribution in [3.05, 3.63) is 17.0 Å². The van der Waals surface area contributed by atoms with Crippen molar-refractivity contribution in [3.63, 3.8) is 0 Å². The van der Waals surface area contributed by atoms with Crippen molar-refractivity contribution in [1.82, 2.24) is 15.4 Å². The maximum Gasteiger partial charge on any atom is 0.250 e. The Balaban J connectivity index is 0.00000364.